The van der Waals surface area contributed by atoms with Gasteiger partial charge >= 0.3 is 17.9 Å². The van der Waals surface area contributed by atoms with Gasteiger partial charge in [0.15, 0.2) is 17.5 Å². The third kappa shape index (κ3) is 3.43. The average Bonchev–Trinajstić information content (AvgIpc) is 3.23. The van der Waals surface area contributed by atoms with E-state index in [1.165, 1.54) is 7.11 Å². The number of hydrogen-bond donors (Lipinski definition) is 1. The number of aliphatic carboxylic acids is 1. The molecule has 0 aliphatic carbocycles. The molecule has 3 heterocycles. The lowest BCUT2D eigenvalue weighted by molar-refractivity contribution is -0.249. The first-order valence-electron chi connectivity index (χ1n) is 9.33. The number of ether oxygens (including phenoxy) is 5. The van der Waals surface area contributed by atoms with Crippen molar-refractivity contribution < 1.29 is 43.2 Å². The van der Waals surface area contributed by atoms with E-state index in [9.17, 15) is 14.4 Å². The zero-order valence-corrected chi connectivity index (χ0v) is 15.6. The largest absolute Gasteiger partial charge is 0.481 e. The van der Waals surface area contributed by atoms with Crippen LogP contribution in [0.2, 0.25) is 0 Å². The van der Waals surface area contributed by atoms with E-state index >= 15 is 0 Å². The van der Waals surface area contributed by atoms with Crippen LogP contribution < -0.4 is 0 Å². The number of hydrogen-bond acceptors (Lipinski definition) is 8. The van der Waals surface area contributed by atoms with Gasteiger partial charge in [0, 0.05) is 13.5 Å². The summed E-state index contributed by atoms with van der Waals surface area (Å²) in [7, 11) is 1.49. The van der Waals surface area contributed by atoms with Crippen LogP contribution in [0, 0.1) is 5.92 Å². The van der Waals surface area contributed by atoms with E-state index in [-0.39, 0.29) is 26.1 Å². The SMILES string of the molecule is CCCCC[C@@]1(OC)O[C@H]2[C@H](OC(=O)CCC(=O)O)CO[C@]23COC(=O)[C@H]13. The second-order valence-corrected chi connectivity index (χ2v) is 7.24. The standard InChI is InChI=1S/C18H26O9/c1-3-4-5-8-18(23-2)14-16(22)24-10-17(14)15(27-18)11(9-25-17)26-13(21)7-6-12(19)20/h11,14-15H,3-10H2,1-2H3,(H,19,20)/t11-,14+,15+,17+,18-/m1/s1. The summed E-state index contributed by atoms with van der Waals surface area (Å²) in [4.78, 5) is 35.1. The highest BCUT2D eigenvalue weighted by Crippen LogP contribution is 2.56. The predicted octanol–water partition coefficient (Wildman–Crippen LogP) is 1.03. The van der Waals surface area contributed by atoms with Gasteiger partial charge in [-0.05, 0) is 6.42 Å². The van der Waals surface area contributed by atoms with Crippen molar-refractivity contribution in [2.45, 2.75) is 69.0 Å². The van der Waals surface area contributed by atoms with Crippen molar-refractivity contribution in [3.8, 4) is 0 Å². The van der Waals surface area contributed by atoms with Crippen molar-refractivity contribution in [3.05, 3.63) is 0 Å². The number of methoxy groups -OCH3 is 1. The van der Waals surface area contributed by atoms with Crippen molar-refractivity contribution in [2.75, 3.05) is 20.3 Å². The van der Waals surface area contributed by atoms with Crippen LogP contribution in [0.1, 0.15) is 45.4 Å². The number of carboxylic acids is 1. The molecule has 27 heavy (non-hydrogen) atoms. The van der Waals surface area contributed by atoms with Crippen LogP contribution in [0.15, 0.2) is 0 Å². The molecule has 9 nitrogen and oxygen atoms in total. The second kappa shape index (κ2) is 7.73. The third-order valence-electron chi connectivity index (χ3n) is 5.57. The molecule has 3 aliphatic heterocycles. The van der Waals surface area contributed by atoms with E-state index in [1.807, 2.05) is 0 Å². The van der Waals surface area contributed by atoms with Gasteiger partial charge in [0.25, 0.3) is 0 Å². The minimum absolute atomic E-state index is 0.0171. The van der Waals surface area contributed by atoms with Crippen LogP contribution in [0.3, 0.4) is 0 Å². The van der Waals surface area contributed by atoms with Gasteiger partial charge in [-0.3, -0.25) is 14.4 Å². The lowest BCUT2D eigenvalue weighted by Crippen LogP contribution is -2.48. The molecule has 0 radical (unpaired) electrons. The Morgan fingerprint density at radius 2 is 2.07 bits per heavy atom. The molecule has 9 heteroatoms. The highest BCUT2D eigenvalue weighted by molar-refractivity contribution is 5.79. The normalized spacial score (nSPS) is 37.0. The molecule has 3 fully saturated rings. The van der Waals surface area contributed by atoms with Crippen LogP contribution in [-0.2, 0) is 38.1 Å². The summed E-state index contributed by atoms with van der Waals surface area (Å²) in [5.74, 6) is -4.09. The Bertz CT molecular complexity index is 606. The fraction of sp³-hybridized carbons (Fsp3) is 0.833. The Hall–Kier alpha value is -1.71. The minimum atomic E-state index is -1.18. The Kier molecular flexibility index (Phi) is 5.73. The van der Waals surface area contributed by atoms with Crippen LogP contribution in [-0.4, -0.2) is 66.9 Å². The lowest BCUT2D eigenvalue weighted by atomic mass is 9.81. The maximum Gasteiger partial charge on any atom is 0.317 e. The van der Waals surface area contributed by atoms with Crippen LogP contribution in [0.4, 0.5) is 0 Å². The lowest BCUT2D eigenvalue weighted by Gasteiger charge is -2.32. The van der Waals surface area contributed by atoms with Gasteiger partial charge in [0.05, 0.1) is 19.4 Å². The number of carbonyl (C=O) groups excluding carboxylic acids is 2. The highest BCUT2D eigenvalue weighted by Gasteiger charge is 2.76. The van der Waals surface area contributed by atoms with E-state index in [0.717, 1.165) is 19.3 Å². The summed E-state index contributed by atoms with van der Waals surface area (Å²) in [6, 6.07) is 0. The molecule has 0 saturated carbocycles. The zero-order valence-electron chi connectivity index (χ0n) is 15.6. The molecule has 0 aromatic rings. The molecule has 0 aromatic carbocycles. The Morgan fingerprint density at radius 3 is 2.74 bits per heavy atom. The summed E-state index contributed by atoms with van der Waals surface area (Å²) in [6.07, 6.45) is 1.27. The second-order valence-electron chi connectivity index (χ2n) is 7.24. The van der Waals surface area contributed by atoms with Crippen LogP contribution in [0.25, 0.3) is 0 Å². The van der Waals surface area contributed by atoms with Gasteiger partial charge in [-0.1, -0.05) is 19.8 Å². The molecule has 0 aromatic heterocycles. The van der Waals surface area contributed by atoms with E-state index in [0.29, 0.717) is 6.42 Å². The molecular weight excluding hydrogens is 360 g/mol. The maximum absolute atomic E-state index is 12.5. The van der Waals surface area contributed by atoms with Gasteiger partial charge < -0.3 is 28.8 Å². The zero-order chi connectivity index (χ0) is 19.7. The minimum Gasteiger partial charge on any atom is -0.481 e. The Balaban J connectivity index is 1.77. The summed E-state index contributed by atoms with van der Waals surface area (Å²) in [5, 5.41) is 8.70. The van der Waals surface area contributed by atoms with E-state index in [1.54, 1.807) is 0 Å². The fourth-order valence-corrected chi connectivity index (χ4v) is 4.28. The van der Waals surface area contributed by atoms with Crippen LogP contribution in [0.5, 0.6) is 0 Å². The van der Waals surface area contributed by atoms with Gasteiger partial charge in [0.2, 0.25) is 0 Å². The van der Waals surface area contributed by atoms with E-state index in [4.69, 9.17) is 28.8 Å². The summed E-state index contributed by atoms with van der Waals surface area (Å²) in [5.41, 5.74) is -1.04. The van der Waals surface area contributed by atoms with Crippen molar-refractivity contribution >= 4 is 17.9 Å². The number of carbonyl (C=O) groups is 3. The summed E-state index contributed by atoms with van der Waals surface area (Å²) in [6.45, 7) is 2.15. The molecule has 1 N–H and O–H groups in total. The molecule has 152 valence electrons. The van der Waals surface area contributed by atoms with Gasteiger partial charge in [-0.15, -0.1) is 0 Å². The fourth-order valence-electron chi connectivity index (χ4n) is 4.28. The van der Waals surface area contributed by atoms with Crippen LogP contribution >= 0.6 is 0 Å². The number of cyclic esters (lactones) is 1. The quantitative estimate of drug-likeness (QED) is 0.458. The first-order chi connectivity index (χ1) is 12.9. The Morgan fingerprint density at radius 1 is 1.30 bits per heavy atom. The van der Waals surface area contributed by atoms with Crippen molar-refractivity contribution in [3.63, 3.8) is 0 Å². The molecule has 0 amide bonds. The topological polar surface area (TPSA) is 118 Å². The number of rotatable bonds is 9. The number of carboxylic acid groups (broad SMARTS) is 1. The van der Waals surface area contributed by atoms with Crippen molar-refractivity contribution in [2.24, 2.45) is 5.92 Å². The van der Waals surface area contributed by atoms with E-state index < -0.39 is 47.4 Å². The third-order valence-corrected chi connectivity index (χ3v) is 5.57. The summed E-state index contributed by atoms with van der Waals surface area (Å²) >= 11 is 0. The molecular formula is C18H26O9. The molecule has 3 rings (SSSR count). The molecule has 3 aliphatic rings. The van der Waals surface area contributed by atoms with Gasteiger partial charge in [-0.2, -0.15) is 0 Å². The molecule has 1 spiro atoms. The molecule has 0 bridgehead atoms. The van der Waals surface area contributed by atoms with E-state index in [2.05, 4.69) is 6.92 Å². The van der Waals surface area contributed by atoms with Crippen molar-refractivity contribution in [1.29, 1.82) is 0 Å². The maximum atomic E-state index is 12.5. The molecule has 5 atom stereocenters. The number of esters is 2. The van der Waals surface area contributed by atoms with Gasteiger partial charge in [-0.25, -0.2) is 0 Å². The average molecular weight is 386 g/mol. The highest BCUT2D eigenvalue weighted by atomic mass is 16.7. The first kappa shape index (κ1) is 20.0. The Labute approximate surface area is 157 Å². The van der Waals surface area contributed by atoms with Gasteiger partial charge in [0.1, 0.15) is 18.6 Å². The summed E-state index contributed by atoms with van der Waals surface area (Å²) < 4.78 is 28.5. The van der Waals surface area contributed by atoms with Crippen molar-refractivity contribution in [1.82, 2.24) is 0 Å². The smallest absolute Gasteiger partial charge is 0.317 e. The number of unbranched alkanes of at least 4 members (excludes halogenated alkanes) is 2. The molecule has 0 unspecified atom stereocenters. The monoisotopic (exact) mass is 386 g/mol. The molecule has 3 saturated heterocycles. The predicted molar refractivity (Wildman–Crippen MR) is 88.6 cm³/mol. The first-order valence-corrected chi connectivity index (χ1v) is 9.33.